The van der Waals surface area contributed by atoms with E-state index in [2.05, 4.69) is 16.7 Å². The van der Waals surface area contributed by atoms with Gasteiger partial charge in [0, 0.05) is 6.20 Å². The standard InChI is InChI=1S/C12H17N3O4S/c1-3-6-7(13-2)4-15(12(20)14-6)11-10(18)9(17)8(5-16)19-11/h4,8-11,16-18H,2-3,5H2,1H3/t8-,9?,10+,11-/m1/s1. The summed E-state index contributed by atoms with van der Waals surface area (Å²) in [4.78, 5) is 8.10. The van der Waals surface area contributed by atoms with Gasteiger partial charge in [-0.15, -0.1) is 0 Å². The highest BCUT2D eigenvalue weighted by Crippen LogP contribution is 2.31. The van der Waals surface area contributed by atoms with Crippen molar-refractivity contribution in [2.24, 2.45) is 4.99 Å². The average molecular weight is 299 g/mol. The molecular formula is C12H17N3O4S. The largest absolute Gasteiger partial charge is 0.394 e. The van der Waals surface area contributed by atoms with Crippen molar-refractivity contribution in [3.8, 4) is 0 Å². The Labute approximate surface area is 121 Å². The van der Waals surface area contributed by atoms with E-state index in [9.17, 15) is 10.2 Å². The van der Waals surface area contributed by atoms with Crippen LogP contribution in [0.15, 0.2) is 11.2 Å². The molecule has 0 aliphatic carbocycles. The van der Waals surface area contributed by atoms with Gasteiger partial charge in [-0.05, 0) is 25.4 Å². The van der Waals surface area contributed by atoms with Crippen LogP contribution in [0.5, 0.6) is 0 Å². The van der Waals surface area contributed by atoms with Crippen molar-refractivity contribution in [2.75, 3.05) is 6.61 Å². The first-order chi connectivity index (χ1) is 9.53. The van der Waals surface area contributed by atoms with Gasteiger partial charge in [-0.25, -0.2) is 4.98 Å². The van der Waals surface area contributed by atoms with E-state index < -0.39 is 31.1 Å². The number of hydrogen-bond donors (Lipinski definition) is 3. The quantitative estimate of drug-likeness (QED) is 0.539. The van der Waals surface area contributed by atoms with Crippen LogP contribution < -0.4 is 0 Å². The highest BCUT2D eigenvalue weighted by Gasteiger charge is 2.43. The molecule has 4 atom stereocenters. The van der Waals surface area contributed by atoms with E-state index in [-0.39, 0.29) is 4.77 Å². The molecule has 20 heavy (non-hydrogen) atoms. The fraction of sp³-hybridized carbons (Fsp3) is 0.583. The molecule has 1 saturated heterocycles. The number of aliphatic hydroxyl groups excluding tert-OH is 3. The number of aliphatic hydroxyl groups is 3. The lowest BCUT2D eigenvalue weighted by atomic mass is 10.1. The molecule has 1 aromatic rings. The van der Waals surface area contributed by atoms with Crippen LogP contribution in [0.25, 0.3) is 0 Å². The summed E-state index contributed by atoms with van der Waals surface area (Å²) in [7, 11) is 0. The monoisotopic (exact) mass is 299 g/mol. The summed E-state index contributed by atoms with van der Waals surface area (Å²) < 4.78 is 7.05. The summed E-state index contributed by atoms with van der Waals surface area (Å²) in [6.45, 7) is 5.00. The van der Waals surface area contributed by atoms with Gasteiger partial charge in [-0.3, -0.25) is 9.56 Å². The smallest absolute Gasteiger partial charge is 0.202 e. The van der Waals surface area contributed by atoms with Crippen molar-refractivity contribution in [2.45, 2.75) is 37.9 Å². The van der Waals surface area contributed by atoms with Gasteiger partial charge in [-0.2, -0.15) is 0 Å². The molecule has 0 amide bonds. The summed E-state index contributed by atoms with van der Waals surface area (Å²) in [5, 5.41) is 28.9. The molecule has 0 aromatic carbocycles. The van der Waals surface area contributed by atoms with Crippen molar-refractivity contribution in [3.05, 3.63) is 16.7 Å². The number of hydrogen-bond acceptors (Lipinski definition) is 7. The zero-order valence-electron chi connectivity index (χ0n) is 11.0. The average Bonchev–Trinajstić information content (AvgIpc) is 2.74. The SMILES string of the molecule is C=Nc1cn([C@@H]2O[C@H](CO)C(O)[C@@H]2O)c(=S)nc1CC. The van der Waals surface area contributed by atoms with Gasteiger partial charge in [0.15, 0.2) is 6.23 Å². The lowest BCUT2D eigenvalue weighted by molar-refractivity contribution is -0.0540. The van der Waals surface area contributed by atoms with E-state index in [1.54, 1.807) is 6.20 Å². The summed E-state index contributed by atoms with van der Waals surface area (Å²) in [5.74, 6) is 0. The predicted molar refractivity (Wildman–Crippen MR) is 74.7 cm³/mol. The second kappa shape index (κ2) is 6.06. The van der Waals surface area contributed by atoms with E-state index in [4.69, 9.17) is 22.1 Å². The Kier molecular flexibility index (Phi) is 4.61. The Hall–Kier alpha value is -1.19. The molecule has 0 bridgehead atoms. The Balaban J connectivity index is 2.43. The van der Waals surface area contributed by atoms with E-state index >= 15 is 0 Å². The van der Waals surface area contributed by atoms with Crippen molar-refractivity contribution >= 4 is 24.6 Å². The van der Waals surface area contributed by atoms with Gasteiger partial charge < -0.3 is 20.1 Å². The van der Waals surface area contributed by atoms with Gasteiger partial charge in [-0.1, -0.05) is 6.92 Å². The molecule has 1 fully saturated rings. The predicted octanol–water partition coefficient (Wildman–Crippen LogP) is 0.119. The lowest BCUT2D eigenvalue weighted by Crippen LogP contribution is -2.33. The van der Waals surface area contributed by atoms with Gasteiger partial charge >= 0.3 is 0 Å². The number of rotatable bonds is 4. The summed E-state index contributed by atoms with van der Waals surface area (Å²) >= 11 is 5.17. The maximum Gasteiger partial charge on any atom is 0.202 e. The first-order valence-corrected chi connectivity index (χ1v) is 6.65. The summed E-state index contributed by atoms with van der Waals surface area (Å²) in [6.07, 6.45) is -1.92. The maximum absolute atomic E-state index is 10.00. The van der Waals surface area contributed by atoms with Crippen LogP contribution in [0.3, 0.4) is 0 Å². The van der Waals surface area contributed by atoms with Crippen LogP contribution in [0, 0.1) is 4.77 Å². The molecule has 1 aliphatic heterocycles. The molecule has 0 spiro atoms. The van der Waals surface area contributed by atoms with Crippen molar-refractivity contribution in [1.29, 1.82) is 0 Å². The van der Waals surface area contributed by atoms with Gasteiger partial charge in [0.2, 0.25) is 4.77 Å². The molecule has 0 saturated carbocycles. The second-order valence-electron chi connectivity index (χ2n) is 4.50. The first-order valence-electron chi connectivity index (χ1n) is 6.24. The number of aromatic nitrogens is 2. The number of aliphatic imine (C=N–C) groups is 1. The minimum atomic E-state index is -1.20. The molecule has 1 aromatic heterocycles. The van der Waals surface area contributed by atoms with Crippen LogP contribution in [-0.2, 0) is 11.2 Å². The Morgan fingerprint density at radius 2 is 2.20 bits per heavy atom. The minimum Gasteiger partial charge on any atom is -0.394 e. The fourth-order valence-corrected chi connectivity index (χ4v) is 2.44. The maximum atomic E-state index is 10.00. The Morgan fingerprint density at radius 1 is 1.50 bits per heavy atom. The van der Waals surface area contributed by atoms with Gasteiger partial charge in [0.05, 0.1) is 12.3 Å². The van der Waals surface area contributed by atoms with E-state index in [1.165, 1.54) is 4.57 Å². The topological polar surface area (TPSA) is 100 Å². The molecular weight excluding hydrogens is 282 g/mol. The molecule has 8 heteroatoms. The molecule has 7 nitrogen and oxygen atoms in total. The minimum absolute atomic E-state index is 0.212. The highest BCUT2D eigenvalue weighted by atomic mass is 32.1. The van der Waals surface area contributed by atoms with Crippen LogP contribution in [0.4, 0.5) is 5.69 Å². The molecule has 2 rings (SSSR count). The van der Waals surface area contributed by atoms with Crippen LogP contribution in [0.1, 0.15) is 18.8 Å². The number of ether oxygens (including phenoxy) is 1. The van der Waals surface area contributed by atoms with Crippen LogP contribution >= 0.6 is 12.2 Å². The van der Waals surface area contributed by atoms with Crippen molar-refractivity contribution < 1.29 is 20.1 Å². The van der Waals surface area contributed by atoms with E-state index in [1.807, 2.05) is 6.92 Å². The number of nitrogens with zero attached hydrogens (tertiary/aromatic N) is 3. The zero-order chi connectivity index (χ0) is 14.9. The highest BCUT2D eigenvalue weighted by molar-refractivity contribution is 7.71. The number of aryl methyl sites for hydroxylation is 1. The Morgan fingerprint density at radius 3 is 2.70 bits per heavy atom. The van der Waals surface area contributed by atoms with Gasteiger partial charge in [0.25, 0.3) is 0 Å². The summed E-state index contributed by atoms with van der Waals surface area (Å²) in [5.41, 5.74) is 1.24. The third kappa shape index (κ3) is 2.52. The van der Waals surface area contributed by atoms with Crippen molar-refractivity contribution in [3.63, 3.8) is 0 Å². The van der Waals surface area contributed by atoms with Crippen LogP contribution in [-0.4, -0.2) is 56.5 Å². The molecule has 110 valence electrons. The molecule has 3 N–H and O–H groups in total. The molecule has 2 heterocycles. The lowest BCUT2D eigenvalue weighted by Gasteiger charge is -2.19. The van der Waals surface area contributed by atoms with Gasteiger partial charge in [0.1, 0.15) is 24.0 Å². The van der Waals surface area contributed by atoms with E-state index in [0.717, 1.165) is 0 Å². The third-order valence-electron chi connectivity index (χ3n) is 3.31. The molecule has 1 aliphatic rings. The summed E-state index contributed by atoms with van der Waals surface area (Å²) in [6, 6.07) is 0. The normalized spacial score (nSPS) is 29.6. The fourth-order valence-electron chi connectivity index (χ4n) is 2.18. The Bertz CT molecular complexity index is 562. The first kappa shape index (κ1) is 15.2. The molecule has 0 radical (unpaired) electrons. The van der Waals surface area contributed by atoms with Crippen molar-refractivity contribution in [1.82, 2.24) is 9.55 Å². The van der Waals surface area contributed by atoms with Crippen LogP contribution in [0.2, 0.25) is 0 Å². The third-order valence-corrected chi connectivity index (χ3v) is 3.61. The zero-order valence-corrected chi connectivity index (χ0v) is 11.8. The second-order valence-corrected chi connectivity index (χ2v) is 4.87. The molecule has 1 unspecified atom stereocenters. The van der Waals surface area contributed by atoms with E-state index in [0.29, 0.717) is 17.8 Å².